The van der Waals surface area contributed by atoms with E-state index >= 15 is 0 Å². The van der Waals surface area contributed by atoms with E-state index < -0.39 is 0 Å². The lowest BCUT2D eigenvalue weighted by Gasteiger charge is -2.30. The highest BCUT2D eigenvalue weighted by Gasteiger charge is 2.21. The van der Waals surface area contributed by atoms with Gasteiger partial charge in [-0.2, -0.15) is 0 Å². The highest BCUT2D eigenvalue weighted by Crippen LogP contribution is 2.21. The number of benzene rings is 1. The van der Waals surface area contributed by atoms with Gasteiger partial charge in [-0.1, -0.05) is 0 Å². The van der Waals surface area contributed by atoms with Crippen LogP contribution in [0.2, 0.25) is 0 Å². The first kappa shape index (κ1) is 17.6. The van der Waals surface area contributed by atoms with E-state index in [1.54, 1.807) is 23.8 Å². The van der Waals surface area contributed by atoms with Gasteiger partial charge < -0.3 is 14.4 Å². The molecule has 0 aliphatic carbocycles. The molecule has 2 heterocycles. The summed E-state index contributed by atoms with van der Waals surface area (Å²) in [6.45, 7) is 6.70. The lowest BCUT2D eigenvalue weighted by Crippen LogP contribution is -2.41. The van der Waals surface area contributed by atoms with Crippen LogP contribution < -0.4 is 10.5 Å². The number of fused-ring (bicyclic) bond motifs is 1. The Balaban J connectivity index is 2.27. The van der Waals surface area contributed by atoms with Gasteiger partial charge in [-0.25, -0.2) is 4.98 Å². The van der Waals surface area contributed by atoms with Crippen LogP contribution in [0.15, 0.2) is 16.9 Å². The van der Waals surface area contributed by atoms with E-state index in [9.17, 15) is 9.59 Å². The Morgan fingerprint density at radius 1 is 1.32 bits per heavy atom. The molecule has 1 aromatic carbocycles. The van der Waals surface area contributed by atoms with Crippen molar-refractivity contribution in [3.63, 3.8) is 0 Å². The normalized spacial score (nSPS) is 14.9. The van der Waals surface area contributed by atoms with Crippen molar-refractivity contribution < 1.29 is 14.3 Å². The number of morpholine rings is 1. The number of Topliss-reactive ketones (excluding diaryl/α,β-unsaturated/α-hetero) is 1. The first-order valence-electron chi connectivity index (χ1n) is 8.40. The van der Waals surface area contributed by atoms with Gasteiger partial charge in [-0.15, -0.1) is 0 Å². The highest BCUT2D eigenvalue weighted by atomic mass is 16.5. The maximum absolute atomic E-state index is 13.1. The predicted molar refractivity (Wildman–Crippen MR) is 95.7 cm³/mol. The average molecular weight is 345 g/mol. The fraction of sp³-hybridized carbons (Fsp3) is 0.500. The molecule has 0 unspecified atom stereocenters. The van der Waals surface area contributed by atoms with Crippen LogP contribution in [0.3, 0.4) is 0 Å². The van der Waals surface area contributed by atoms with Crippen LogP contribution in [-0.2, 0) is 16.0 Å². The minimum absolute atomic E-state index is 0.0943. The summed E-state index contributed by atoms with van der Waals surface area (Å²) in [5.41, 5.74) is 1.68. The van der Waals surface area contributed by atoms with Gasteiger partial charge in [-0.05, 0) is 31.5 Å². The van der Waals surface area contributed by atoms with E-state index in [1.807, 2.05) is 11.8 Å². The minimum Gasteiger partial charge on any atom is -0.383 e. The van der Waals surface area contributed by atoms with Gasteiger partial charge in [0.25, 0.3) is 5.56 Å². The van der Waals surface area contributed by atoms with Crippen molar-refractivity contribution in [3.05, 3.63) is 33.6 Å². The topological polar surface area (TPSA) is 73.7 Å². The lowest BCUT2D eigenvalue weighted by atomic mass is 10.0. The van der Waals surface area contributed by atoms with Crippen LogP contribution in [0.25, 0.3) is 10.9 Å². The number of carbonyl (C=O) groups excluding carboxylic acids is 1. The number of hydrogen-bond acceptors (Lipinski definition) is 6. The summed E-state index contributed by atoms with van der Waals surface area (Å²) >= 11 is 0. The standard InChI is InChI=1S/C18H23N3O4/c1-12-10-14(13(2)22)16-15(11-12)17(23)21(6-7-24-3)18(19-16)20-4-8-25-9-5-20/h10-11H,4-9H2,1-3H3. The van der Waals surface area contributed by atoms with Crippen molar-refractivity contribution in [1.29, 1.82) is 0 Å². The van der Waals surface area contributed by atoms with E-state index in [-0.39, 0.29) is 11.3 Å². The molecule has 1 aromatic heterocycles. The van der Waals surface area contributed by atoms with Crippen LogP contribution in [-0.4, -0.2) is 55.4 Å². The molecule has 2 aromatic rings. The van der Waals surface area contributed by atoms with Crippen molar-refractivity contribution in [1.82, 2.24) is 9.55 Å². The Morgan fingerprint density at radius 2 is 2.04 bits per heavy atom. The van der Waals surface area contributed by atoms with E-state index in [2.05, 4.69) is 0 Å². The second-order valence-electron chi connectivity index (χ2n) is 6.23. The van der Waals surface area contributed by atoms with E-state index in [0.717, 1.165) is 5.56 Å². The third-order valence-electron chi connectivity index (χ3n) is 4.38. The van der Waals surface area contributed by atoms with Gasteiger partial charge in [0.05, 0.1) is 37.3 Å². The molecule has 134 valence electrons. The number of methoxy groups -OCH3 is 1. The number of rotatable bonds is 5. The maximum atomic E-state index is 13.1. The number of carbonyl (C=O) groups is 1. The minimum atomic E-state index is -0.144. The van der Waals surface area contributed by atoms with Gasteiger partial charge >= 0.3 is 0 Å². The number of anilines is 1. The van der Waals surface area contributed by atoms with Crippen molar-refractivity contribution in [2.75, 3.05) is 44.9 Å². The molecular weight excluding hydrogens is 322 g/mol. The molecule has 0 atom stereocenters. The van der Waals surface area contributed by atoms with Crippen LogP contribution >= 0.6 is 0 Å². The zero-order chi connectivity index (χ0) is 18.0. The summed E-state index contributed by atoms with van der Waals surface area (Å²) < 4.78 is 12.2. The highest BCUT2D eigenvalue weighted by molar-refractivity contribution is 6.05. The molecule has 0 spiro atoms. The monoisotopic (exact) mass is 345 g/mol. The maximum Gasteiger partial charge on any atom is 0.262 e. The second-order valence-corrected chi connectivity index (χ2v) is 6.23. The number of ketones is 1. The summed E-state index contributed by atoms with van der Waals surface area (Å²) in [6, 6.07) is 3.59. The van der Waals surface area contributed by atoms with Crippen LogP contribution in [0.4, 0.5) is 5.95 Å². The molecule has 0 radical (unpaired) electrons. The fourth-order valence-corrected chi connectivity index (χ4v) is 3.12. The van der Waals surface area contributed by atoms with Gasteiger partial charge in [0, 0.05) is 25.8 Å². The number of ether oxygens (including phenoxy) is 2. The average Bonchev–Trinajstić information content (AvgIpc) is 2.61. The SMILES string of the molecule is COCCn1c(N2CCOCC2)nc2c(C(C)=O)cc(C)cc2c1=O. The largest absolute Gasteiger partial charge is 0.383 e. The summed E-state index contributed by atoms with van der Waals surface area (Å²) in [4.78, 5) is 32.0. The number of hydrogen-bond donors (Lipinski definition) is 0. The molecule has 1 saturated heterocycles. The summed E-state index contributed by atoms with van der Waals surface area (Å²) in [5.74, 6) is 0.479. The molecule has 0 bridgehead atoms. The molecule has 1 fully saturated rings. The molecule has 7 nitrogen and oxygen atoms in total. The van der Waals surface area contributed by atoms with Crippen LogP contribution in [0, 0.1) is 6.92 Å². The van der Waals surface area contributed by atoms with Gasteiger partial charge in [0.2, 0.25) is 5.95 Å². The van der Waals surface area contributed by atoms with Crippen molar-refractivity contribution in [2.24, 2.45) is 0 Å². The Morgan fingerprint density at radius 3 is 2.68 bits per heavy atom. The van der Waals surface area contributed by atoms with Crippen LogP contribution in [0.1, 0.15) is 22.8 Å². The van der Waals surface area contributed by atoms with E-state index in [0.29, 0.717) is 61.9 Å². The number of nitrogens with zero attached hydrogens (tertiary/aromatic N) is 3. The molecule has 1 aliphatic heterocycles. The molecular formula is C18H23N3O4. The lowest BCUT2D eigenvalue weighted by molar-refractivity contribution is 0.101. The zero-order valence-electron chi connectivity index (χ0n) is 14.9. The predicted octanol–water partition coefficient (Wildman–Crippen LogP) is 1.39. The van der Waals surface area contributed by atoms with Gasteiger partial charge in [-0.3, -0.25) is 14.2 Å². The molecule has 0 saturated carbocycles. The van der Waals surface area contributed by atoms with Gasteiger partial charge in [0.15, 0.2) is 5.78 Å². The third kappa shape index (κ3) is 3.43. The Labute approximate surface area is 146 Å². The van der Waals surface area contributed by atoms with E-state index in [1.165, 1.54) is 6.92 Å². The first-order valence-corrected chi connectivity index (χ1v) is 8.40. The molecule has 25 heavy (non-hydrogen) atoms. The fourth-order valence-electron chi connectivity index (χ4n) is 3.12. The molecule has 1 aliphatic rings. The van der Waals surface area contributed by atoms with Crippen molar-refractivity contribution in [2.45, 2.75) is 20.4 Å². The van der Waals surface area contributed by atoms with Crippen molar-refractivity contribution >= 4 is 22.6 Å². The second kappa shape index (κ2) is 7.33. The smallest absolute Gasteiger partial charge is 0.262 e. The molecule has 7 heteroatoms. The molecule has 3 rings (SSSR count). The molecule has 0 N–H and O–H groups in total. The van der Waals surface area contributed by atoms with Gasteiger partial charge in [0.1, 0.15) is 0 Å². The third-order valence-corrected chi connectivity index (χ3v) is 4.38. The Hall–Kier alpha value is -2.25. The summed E-state index contributed by atoms with van der Waals surface area (Å²) in [6.07, 6.45) is 0. The number of aromatic nitrogens is 2. The summed E-state index contributed by atoms with van der Waals surface area (Å²) in [7, 11) is 1.60. The van der Waals surface area contributed by atoms with E-state index in [4.69, 9.17) is 14.5 Å². The van der Waals surface area contributed by atoms with Crippen molar-refractivity contribution in [3.8, 4) is 0 Å². The summed E-state index contributed by atoms with van der Waals surface area (Å²) in [5, 5.41) is 0.471. The Kier molecular flexibility index (Phi) is 5.15. The first-order chi connectivity index (χ1) is 12.0. The Bertz CT molecular complexity index is 854. The zero-order valence-corrected chi connectivity index (χ0v) is 14.9. The number of aryl methyl sites for hydroxylation is 1. The molecule has 0 amide bonds. The quantitative estimate of drug-likeness (QED) is 0.763. The van der Waals surface area contributed by atoms with Crippen LogP contribution in [0.5, 0.6) is 0 Å².